The van der Waals surface area contributed by atoms with Crippen LogP contribution in [0.2, 0.25) is 19.6 Å². The van der Waals surface area contributed by atoms with E-state index in [-0.39, 0.29) is 12.6 Å². The Morgan fingerprint density at radius 3 is 2.58 bits per heavy atom. The molecule has 0 aromatic rings. The third kappa shape index (κ3) is 6.76. The highest BCUT2D eigenvalue weighted by Crippen LogP contribution is 2.27. The Hall–Kier alpha value is -0.0831. The van der Waals surface area contributed by atoms with Gasteiger partial charge in [-0.25, -0.2) is 4.79 Å². The molecule has 1 heterocycles. The summed E-state index contributed by atoms with van der Waals surface area (Å²) in [6, 6.07) is -0.0744. The molecule has 0 spiro atoms. The summed E-state index contributed by atoms with van der Waals surface area (Å²) in [5.74, 6) is 3.19. The number of likely N-dealkylation sites (tertiary alicyclic amines) is 1. The third-order valence-electron chi connectivity index (χ3n) is 2.46. The van der Waals surface area contributed by atoms with Crippen LogP contribution in [0, 0.1) is 11.5 Å². The van der Waals surface area contributed by atoms with Crippen LogP contribution in [0.1, 0.15) is 12.8 Å². The van der Waals surface area contributed by atoms with Gasteiger partial charge in [-0.2, -0.15) is 0 Å². The lowest BCUT2D eigenvalue weighted by molar-refractivity contribution is 0.106. The van der Waals surface area contributed by atoms with E-state index in [9.17, 15) is 4.79 Å². The van der Waals surface area contributed by atoms with E-state index in [1.54, 1.807) is 4.90 Å². The Kier molecular flexibility index (Phi) is 5.88. The fourth-order valence-corrected chi connectivity index (χ4v) is 2.42. The van der Waals surface area contributed by atoms with E-state index in [0.717, 1.165) is 12.8 Å². The summed E-state index contributed by atoms with van der Waals surface area (Å²) in [6.07, 6.45) is 1.34. The van der Waals surface area contributed by atoms with Crippen molar-refractivity contribution in [2.45, 2.75) is 42.3 Å². The van der Waals surface area contributed by atoms with Gasteiger partial charge in [0, 0.05) is 6.54 Å². The molecule has 108 valence electrons. The van der Waals surface area contributed by atoms with Crippen LogP contribution < -0.4 is 0 Å². The number of nitrogens with zero attached hydrogens (tertiary/aromatic N) is 1. The first kappa shape index (κ1) is 17.0. The number of amides is 1. The fraction of sp³-hybridized carbons (Fsp3) is 0.750. The van der Waals surface area contributed by atoms with E-state index in [1.165, 1.54) is 0 Å². The minimum atomic E-state index is -1.57. The van der Waals surface area contributed by atoms with Gasteiger partial charge in [-0.05, 0) is 12.8 Å². The lowest BCUT2D eigenvalue weighted by atomic mass is 10.2. The number of rotatable bonds is 1. The van der Waals surface area contributed by atoms with Crippen molar-refractivity contribution >= 4 is 49.0 Å². The summed E-state index contributed by atoms with van der Waals surface area (Å²) in [5, 5.41) is 0. The number of carbonyl (C=O) groups excluding carboxylic acids is 1. The summed E-state index contributed by atoms with van der Waals surface area (Å²) in [6.45, 7) is 6.90. The van der Waals surface area contributed by atoms with E-state index in [1.807, 2.05) is 0 Å². The summed E-state index contributed by atoms with van der Waals surface area (Å²) in [7, 11) is -1.44. The Balaban J connectivity index is 2.60. The highest BCUT2D eigenvalue weighted by atomic mass is 35.6. The molecule has 0 bridgehead atoms. The van der Waals surface area contributed by atoms with E-state index < -0.39 is 18.0 Å². The number of alkyl halides is 3. The van der Waals surface area contributed by atoms with Crippen molar-refractivity contribution < 1.29 is 9.53 Å². The topological polar surface area (TPSA) is 29.5 Å². The smallest absolute Gasteiger partial charge is 0.410 e. The molecule has 1 atom stereocenters. The van der Waals surface area contributed by atoms with Crippen LogP contribution in [-0.4, -0.2) is 42.1 Å². The number of carbonyl (C=O) groups is 1. The van der Waals surface area contributed by atoms with Crippen molar-refractivity contribution in [2.75, 3.05) is 13.2 Å². The van der Waals surface area contributed by atoms with Gasteiger partial charge in [0.05, 0.1) is 6.04 Å². The number of hydrogen-bond acceptors (Lipinski definition) is 2. The van der Waals surface area contributed by atoms with Crippen molar-refractivity contribution in [3.8, 4) is 11.5 Å². The van der Waals surface area contributed by atoms with Crippen LogP contribution in [0.25, 0.3) is 0 Å². The summed E-state index contributed by atoms with van der Waals surface area (Å²) < 4.78 is 3.41. The second-order valence-electron chi connectivity index (χ2n) is 5.54. The maximum atomic E-state index is 11.9. The monoisotopic (exact) mass is 341 g/mol. The highest BCUT2D eigenvalue weighted by molar-refractivity contribution is 6.83. The van der Waals surface area contributed by atoms with Gasteiger partial charge in [0.25, 0.3) is 0 Å². The zero-order chi connectivity index (χ0) is 14.7. The maximum absolute atomic E-state index is 11.9. The quantitative estimate of drug-likeness (QED) is 0.412. The van der Waals surface area contributed by atoms with Gasteiger partial charge in [-0.1, -0.05) is 60.4 Å². The summed E-state index contributed by atoms with van der Waals surface area (Å²) in [5.41, 5.74) is 3.28. The zero-order valence-electron chi connectivity index (χ0n) is 11.3. The van der Waals surface area contributed by atoms with Gasteiger partial charge in [-0.3, -0.25) is 4.90 Å². The van der Waals surface area contributed by atoms with Crippen molar-refractivity contribution in [1.29, 1.82) is 0 Å². The number of hydrogen-bond donors (Lipinski definition) is 0. The van der Waals surface area contributed by atoms with Crippen LogP contribution in [0.3, 0.4) is 0 Å². The lowest BCUT2D eigenvalue weighted by Crippen LogP contribution is -2.37. The molecule has 0 saturated carbocycles. The van der Waals surface area contributed by atoms with Crippen LogP contribution >= 0.6 is 34.8 Å². The molecule has 19 heavy (non-hydrogen) atoms. The third-order valence-corrected chi connectivity index (χ3v) is 3.68. The van der Waals surface area contributed by atoms with Gasteiger partial charge < -0.3 is 4.74 Å². The van der Waals surface area contributed by atoms with Crippen molar-refractivity contribution in [3.05, 3.63) is 0 Å². The van der Waals surface area contributed by atoms with Crippen LogP contribution in [0.5, 0.6) is 0 Å². The second kappa shape index (κ2) is 6.58. The molecule has 3 nitrogen and oxygen atoms in total. The van der Waals surface area contributed by atoms with Crippen molar-refractivity contribution in [2.24, 2.45) is 0 Å². The van der Waals surface area contributed by atoms with E-state index >= 15 is 0 Å². The molecule has 1 fully saturated rings. The molecule has 1 aliphatic heterocycles. The van der Waals surface area contributed by atoms with E-state index in [0.29, 0.717) is 6.54 Å². The SMILES string of the molecule is C[Si](C)(C)C#CC1CCCN1C(=O)OCC(Cl)(Cl)Cl. The van der Waals surface area contributed by atoms with Crippen LogP contribution in [0.15, 0.2) is 0 Å². The minimum Gasteiger partial charge on any atom is -0.445 e. The average molecular weight is 343 g/mol. The molecule has 1 unspecified atom stereocenters. The zero-order valence-corrected chi connectivity index (χ0v) is 14.6. The lowest BCUT2D eigenvalue weighted by Gasteiger charge is -2.22. The van der Waals surface area contributed by atoms with Crippen LogP contribution in [0.4, 0.5) is 4.79 Å². The minimum absolute atomic E-state index is 0.0744. The predicted octanol–water partition coefficient (Wildman–Crippen LogP) is 3.84. The first-order valence-corrected chi connectivity index (χ1v) is 10.7. The molecular weight excluding hydrogens is 325 g/mol. The summed E-state index contributed by atoms with van der Waals surface area (Å²) in [4.78, 5) is 13.5. The molecule has 0 aliphatic carbocycles. The molecule has 1 amide bonds. The highest BCUT2D eigenvalue weighted by Gasteiger charge is 2.31. The standard InChI is InChI=1S/C12H18Cl3NO2Si/c1-19(2,3)8-6-10-5-4-7-16(10)11(17)18-9-12(13,14)15/h10H,4-5,7,9H2,1-3H3. The number of ether oxygens (including phenoxy) is 1. The molecule has 0 N–H and O–H groups in total. The molecule has 0 aromatic carbocycles. The average Bonchev–Trinajstić information content (AvgIpc) is 2.69. The van der Waals surface area contributed by atoms with E-state index in [2.05, 4.69) is 31.1 Å². The van der Waals surface area contributed by atoms with Gasteiger partial charge in [0.1, 0.15) is 14.7 Å². The molecule has 0 radical (unpaired) electrons. The summed E-state index contributed by atoms with van der Waals surface area (Å²) >= 11 is 16.7. The molecule has 1 aliphatic rings. The maximum Gasteiger partial charge on any atom is 0.410 e. The Labute approximate surface area is 130 Å². The fourth-order valence-electron chi connectivity index (χ4n) is 1.66. The van der Waals surface area contributed by atoms with Crippen molar-refractivity contribution in [3.63, 3.8) is 0 Å². The Morgan fingerprint density at radius 2 is 2.05 bits per heavy atom. The van der Waals surface area contributed by atoms with Gasteiger partial charge >= 0.3 is 6.09 Å². The van der Waals surface area contributed by atoms with Gasteiger partial charge in [-0.15, -0.1) is 5.54 Å². The Morgan fingerprint density at radius 1 is 1.42 bits per heavy atom. The largest absolute Gasteiger partial charge is 0.445 e. The first-order chi connectivity index (χ1) is 8.58. The second-order valence-corrected chi connectivity index (χ2v) is 12.8. The predicted molar refractivity (Wildman–Crippen MR) is 82.5 cm³/mol. The molecule has 1 saturated heterocycles. The molecule has 0 aromatic heterocycles. The van der Waals surface area contributed by atoms with Gasteiger partial charge in [0.2, 0.25) is 3.79 Å². The van der Waals surface area contributed by atoms with Crippen LogP contribution in [-0.2, 0) is 4.74 Å². The molecule has 1 rings (SSSR count). The van der Waals surface area contributed by atoms with Crippen molar-refractivity contribution in [1.82, 2.24) is 4.90 Å². The first-order valence-electron chi connectivity index (χ1n) is 6.11. The number of halogens is 3. The van der Waals surface area contributed by atoms with Gasteiger partial charge in [0.15, 0.2) is 0 Å². The Bertz CT molecular complexity index is 392. The normalized spacial score (nSPS) is 19.9. The van der Waals surface area contributed by atoms with E-state index in [4.69, 9.17) is 39.5 Å². The molecular formula is C12H18Cl3NO2Si. The molecule has 7 heteroatoms.